The first-order chi connectivity index (χ1) is 7.81. The summed E-state index contributed by atoms with van der Waals surface area (Å²) in [6.45, 7) is 0. The Hall–Kier alpha value is -2.21. The average molecular weight is 210 g/mol. The molecule has 0 saturated heterocycles. The fourth-order valence-electron chi connectivity index (χ4n) is 1.56. The highest BCUT2D eigenvalue weighted by Gasteiger charge is 2.06. The number of fused-ring (bicyclic) bond motifs is 1. The number of ketones is 1. The Morgan fingerprint density at radius 2 is 2.25 bits per heavy atom. The van der Waals surface area contributed by atoms with Crippen LogP contribution in [0.2, 0.25) is 0 Å². The van der Waals surface area contributed by atoms with Crippen LogP contribution in [-0.2, 0) is 0 Å². The molecule has 1 heterocycles. The molecular weight excluding hydrogens is 200 g/mol. The summed E-state index contributed by atoms with van der Waals surface area (Å²) in [5, 5.41) is 9.37. The molecule has 1 aromatic carbocycles. The van der Waals surface area contributed by atoms with Gasteiger partial charge in [0.2, 0.25) is 0 Å². The van der Waals surface area contributed by atoms with Crippen molar-refractivity contribution >= 4 is 16.7 Å². The number of nitriles is 1. The van der Waals surface area contributed by atoms with E-state index in [-0.39, 0.29) is 18.6 Å². The van der Waals surface area contributed by atoms with Gasteiger partial charge in [0, 0.05) is 30.0 Å². The maximum Gasteiger partial charge on any atom is 0.163 e. The van der Waals surface area contributed by atoms with Gasteiger partial charge < -0.3 is 0 Å². The second kappa shape index (κ2) is 4.54. The molecule has 0 spiro atoms. The molecule has 2 rings (SSSR count). The molecule has 0 fully saturated rings. The zero-order chi connectivity index (χ0) is 11.4. The highest BCUT2D eigenvalue weighted by atomic mass is 16.1. The van der Waals surface area contributed by atoms with E-state index in [0.717, 1.165) is 10.9 Å². The minimum Gasteiger partial charge on any atom is -0.294 e. The highest BCUT2D eigenvalue weighted by Crippen LogP contribution is 2.14. The lowest BCUT2D eigenvalue weighted by molar-refractivity contribution is 0.0984. The van der Waals surface area contributed by atoms with Gasteiger partial charge in [0.15, 0.2) is 5.78 Å². The number of Topliss-reactive ketones (excluding diaryl/α,β-unsaturated/α-hetero) is 1. The predicted molar refractivity (Wildman–Crippen MR) is 60.9 cm³/mol. The Morgan fingerprint density at radius 1 is 1.38 bits per heavy atom. The van der Waals surface area contributed by atoms with Crippen molar-refractivity contribution in [2.45, 2.75) is 12.8 Å². The van der Waals surface area contributed by atoms with Crippen molar-refractivity contribution in [2.24, 2.45) is 0 Å². The Bertz CT molecular complexity index is 569. The third kappa shape index (κ3) is 2.06. The first-order valence-electron chi connectivity index (χ1n) is 5.06. The monoisotopic (exact) mass is 210 g/mol. The van der Waals surface area contributed by atoms with E-state index in [2.05, 4.69) is 4.98 Å². The first kappa shape index (κ1) is 10.3. The summed E-state index contributed by atoms with van der Waals surface area (Å²) in [6, 6.07) is 11.1. The maximum atomic E-state index is 11.7. The van der Waals surface area contributed by atoms with Crippen LogP contribution in [0.25, 0.3) is 10.9 Å². The lowest BCUT2D eigenvalue weighted by Crippen LogP contribution is -1.98. The van der Waals surface area contributed by atoms with Crippen LogP contribution in [0.1, 0.15) is 23.2 Å². The molecular formula is C13H10N2O. The van der Waals surface area contributed by atoms with Crippen LogP contribution < -0.4 is 0 Å². The number of carbonyl (C=O) groups excluding carboxylic acids is 1. The predicted octanol–water partition coefficient (Wildman–Crippen LogP) is 2.72. The molecule has 0 aliphatic rings. The molecule has 78 valence electrons. The Labute approximate surface area is 93.3 Å². The number of carbonyl (C=O) groups is 1. The van der Waals surface area contributed by atoms with Gasteiger partial charge in [0.1, 0.15) is 0 Å². The average Bonchev–Trinajstić information content (AvgIpc) is 2.35. The summed E-state index contributed by atoms with van der Waals surface area (Å²) in [4.78, 5) is 15.9. The molecule has 3 heteroatoms. The molecule has 1 aromatic heterocycles. The normalized spacial score (nSPS) is 9.94. The van der Waals surface area contributed by atoms with Crippen LogP contribution in [0.3, 0.4) is 0 Å². The Morgan fingerprint density at radius 3 is 3.06 bits per heavy atom. The number of benzene rings is 1. The molecule has 0 aliphatic heterocycles. The van der Waals surface area contributed by atoms with Gasteiger partial charge in [0.05, 0.1) is 11.6 Å². The van der Waals surface area contributed by atoms with E-state index in [1.807, 2.05) is 30.3 Å². The molecule has 2 aromatic rings. The van der Waals surface area contributed by atoms with E-state index in [9.17, 15) is 4.79 Å². The van der Waals surface area contributed by atoms with Crippen molar-refractivity contribution in [2.75, 3.05) is 0 Å². The number of hydrogen-bond acceptors (Lipinski definition) is 3. The smallest absolute Gasteiger partial charge is 0.163 e. The fraction of sp³-hybridized carbons (Fsp3) is 0.154. The molecule has 0 bridgehead atoms. The largest absolute Gasteiger partial charge is 0.294 e. The summed E-state index contributed by atoms with van der Waals surface area (Å²) in [6.07, 6.45) is 2.27. The van der Waals surface area contributed by atoms with Crippen LogP contribution in [0.4, 0.5) is 0 Å². The van der Waals surface area contributed by atoms with E-state index < -0.39 is 0 Å². The third-order valence-electron chi connectivity index (χ3n) is 2.39. The van der Waals surface area contributed by atoms with E-state index in [4.69, 9.17) is 5.26 Å². The van der Waals surface area contributed by atoms with Crippen molar-refractivity contribution < 1.29 is 4.79 Å². The third-order valence-corrected chi connectivity index (χ3v) is 2.39. The molecule has 0 unspecified atom stereocenters. The SMILES string of the molecule is N#CCCC(=O)c1ccc2ncccc2c1. The van der Waals surface area contributed by atoms with Crippen LogP contribution in [0.5, 0.6) is 0 Å². The van der Waals surface area contributed by atoms with E-state index in [1.54, 1.807) is 12.3 Å². The number of pyridine rings is 1. The molecule has 0 aliphatic carbocycles. The minimum absolute atomic E-state index is 0.00676. The van der Waals surface area contributed by atoms with Crippen LogP contribution in [0, 0.1) is 11.3 Å². The highest BCUT2D eigenvalue weighted by molar-refractivity contribution is 5.99. The van der Waals surface area contributed by atoms with Crippen LogP contribution >= 0.6 is 0 Å². The zero-order valence-corrected chi connectivity index (χ0v) is 8.68. The number of nitrogens with zero attached hydrogens (tertiary/aromatic N) is 2. The summed E-state index contributed by atoms with van der Waals surface area (Å²) in [5.74, 6) is 0.00676. The molecule has 0 saturated carbocycles. The molecule has 16 heavy (non-hydrogen) atoms. The summed E-state index contributed by atoms with van der Waals surface area (Å²) in [5.41, 5.74) is 1.52. The summed E-state index contributed by atoms with van der Waals surface area (Å²) < 4.78 is 0. The molecule has 3 nitrogen and oxygen atoms in total. The standard InChI is InChI=1S/C13H10N2O/c14-7-1-4-13(16)11-5-6-12-10(9-11)3-2-8-15-12/h2-3,5-6,8-9H,1,4H2. The van der Waals surface area contributed by atoms with Crippen LogP contribution in [0.15, 0.2) is 36.5 Å². The van der Waals surface area contributed by atoms with Gasteiger partial charge in [-0.1, -0.05) is 6.07 Å². The number of aromatic nitrogens is 1. The zero-order valence-electron chi connectivity index (χ0n) is 8.68. The maximum absolute atomic E-state index is 11.7. The molecule has 0 N–H and O–H groups in total. The molecule has 0 amide bonds. The van der Waals surface area contributed by atoms with Crippen molar-refractivity contribution in [3.8, 4) is 6.07 Å². The quantitative estimate of drug-likeness (QED) is 0.732. The van der Waals surface area contributed by atoms with Crippen molar-refractivity contribution in [1.82, 2.24) is 4.98 Å². The minimum atomic E-state index is 0.00676. The van der Waals surface area contributed by atoms with Gasteiger partial charge in [-0.3, -0.25) is 9.78 Å². The number of rotatable bonds is 3. The summed E-state index contributed by atoms with van der Waals surface area (Å²) >= 11 is 0. The van der Waals surface area contributed by atoms with Gasteiger partial charge in [-0.15, -0.1) is 0 Å². The van der Waals surface area contributed by atoms with E-state index in [0.29, 0.717) is 5.56 Å². The second-order valence-electron chi connectivity index (χ2n) is 3.49. The molecule has 0 radical (unpaired) electrons. The van der Waals surface area contributed by atoms with Gasteiger partial charge in [-0.05, 0) is 24.3 Å². The molecule has 0 atom stereocenters. The van der Waals surface area contributed by atoms with E-state index >= 15 is 0 Å². The second-order valence-corrected chi connectivity index (χ2v) is 3.49. The van der Waals surface area contributed by atoms with E-state index in [1.165, 1.54) is 0 Å². The van der Waals surface area contributed by atoms with Crippen LogP contribution in [-0.4, -0.2) is 10.8 Å². The lowest BCUT2D eigenvalue weighted by Gasteiger charge is -2.00. The Kier molecular flexibility index (Phi) is 2.93. The van der Waals surface area contributed by atoms with Gasteiger partial charge >= 0.3 is 0 Å². The first-order valence-corrected chi connectivity index (χ1v) is 5.06. The summed E-state index contributed by atoms with van der Waals surface area (Å²) in [7, 11) is 0. The topological polar surface area (TPSA) is 53.8 Å². The van der Waals surface area contributed by atoms with Crippen molar-refractivity contribution in [1.29, 1.82) is 5.26 Å². The van der Waals surface area contributed by atoms with Gasteiger partial charge in [-0.25, -0.2) is 0 Å². The van der Waals surface area contributed by atoms with Gasteiger partial charge in [0.25, 0.3) is 0 Å². The number of hydrogen-bond donors (Lipinski definition) is 0. The van der Waals surface area contributed by atoms with Gasteiger partial charge in [-0.2, -0.15) is 5.26 Å². The fourth-order valence-corrected chi connectivity index (χ4v) is 1.56. The van der Waals surface area contributed by atoms with Crippen molar-refractivity contribution in [3.63, 3.8) is 0 Å². The lowest BCUT2D eigenvalue weighted by atomic mass is 10.0. The van der Waals surface area contributed by atoms with Crippen molar-refractivity contribution in [3.05, 3.63) is 42.1 Å². The Balaban J connectivity index is 2.33.